The predicted octanol–water partition coefficient (Wildman–Crippen LogP) is 2.28. The van der Waals surface area contributed by atoms with E-state index >= 15 is 0 Å². The molecule has 0 N–H and O–H groups in total. The third kappa shape index (κ3) is 7.35. The zero-order valence-corrected chi connectivity index (χ0v) is 19.3. The third-order valence-electron chi connectivity index (χ3n) is 4.57. The Kier molecular flexibility index (Phi) is 9.69. The summed E-state index contributed by atoms with van der Waals surface area (Å²) < 4.78 is 46.7. The molecule has 1 saturated heterocycles. The number of rotatable bonds is 9. The molecule has 1 fully saturated rings. The van der Waals surface area contributed by atoms with Crippen LogP contribution in [0.25, 0.3) is 0 Å². The van der Waals surface area contributed by atoms with Crippen molar-refractivity contribution in [3.05, 3.63) is 47.8 Å². The molecule has 0 bridgehead atoms. The van der Waals surface area contributed by atoms with Gasteiger partial charge in [0, 0.05) is 33.3 Å². The second-order valence-corrected chi connectivity index (χ2v) is 7.41. The highest BCUT2D eigenvalue weighted by atomic mass is 19.1. The van der Waals surface area contributed by atoms with Crippen LogP contribution in [0.1, 0.15) is 44.9 Å². The van der Waals surface area contributed by atoms with Gasteiger partial charge in [-0.2, -0.15) is 0 Å². The summed E-state index contributed by atoms with van der Waals surface area (Å²) in [5.74, 6) is -3.64. The van der Waals surface area contributed by atoms with Crippen LogP contribution >= 0.6 is 0 Å². The first-order chi connectivity index (χ1) is 16.0. The van der Waals surface area contributed by atoms with E-state index in [4.69, 9.17) is 28.4 Å². The number of carbonyl (C=O) groups excluding carboxylic acids is 4. The molecule has 0 aliphatic carbocycles. The van der Waals surface area contributed by atoms with Crippen LogP contribution in [0.5, 0.6) is 0 Å². The minimum atomic E-state index is -1.52. The molecular formula is C23H27FO10. The van der Waals surface area contributed by atoms with Crippen molar-refractivity contribution in [2.45, 2.75) is 65.0 Å². The maximum Gasteiger partial charge on any atom is 0.305 e. The maximum atomic E-state index is 14.3. The van der Waals surface area contributed by atoms with Crippen molar-refractivity contribution in [3.8, 4) is 0 Å². The summed E-state index contributed by atoms with van der Waals surface area (Å²) in [5.41, 5.74) is 0.472. The minimum Gasteiger partial charge on any atom is -0.455 e. The van der Waals surface area contributed by atoms with Crippen LogP contribution in [0.4, 0.5) is 4.39 Å². The lowest BCUT2D eigenvalue weighted by Crippen LogP contribution is -2.59. The average Bonchev–Trinajstić information content (AvgIpc) is 2.72. The molecule has 1 aromatic rings. The highest BCUT2D eigenvalue weighted by molar-refractivity contribution is 5.69. The quantitative estimate of drug-likeness (QED) is 0.224. The van der Waals surface area contributed by atoms with Crippen molar-refractivity contribution in [3.63, 3.8) is 0 Å². The van der Waals surface area contributed by atoms with Gasteiger partial charge in [0.2, 0.25) is 12.4 Å². The lowest BCUT2D eigenvalue weighted by Gasteiger charge is -2.44. The molecule has 0 spiro atoms. The molecule has 2 rings (SSSR count). The molecule has 0 radical (unpaired) electrons. The van der Waals surface area contributed by atoms with Gasteiger partial charge < -0.3 is 28.4 Å². The summed E-state index contributed by atoms with van der Waals surface area (Å²) in [5, 5.41) is 0. The van der Waals surface area contributed by atoms with Crippen LogP contribution in [0, 0.1) is 5.82 Å². The van der Waals surface area contributed by atoms with E-state index in [1.54, 1.807) is 0 Å². The van der Waals surface area contributed by atoms with Crippen molar-refractivity contribution >= 4 is 23.9 Å². The predicted molar refractivity (Wildman–Crippen MR) is 112 cm³/mol. The first kappa shape index (κ1) is 26.9. The molecule has 1 heterocycles. The van der Waals surface area contributed by atoms with Gasteiger partial charge in [0.25, 0.3) is 0 Å². The Morgan fingerprint density at radius 1 is 0.912 bits per heavy atom. The molecule has 5 atom stereocenters. The topological polar surface area (TPSA) is 124 Å². The van der Waals surface area contributed by atoms with Crippen molar-refractivity contribution in [2.75, 3.05) is 6.61 Å². The van der Waals surface area contributed by atoms with Crippen molar-refractivity contribution in [1.29, 1.82) is 0 Å². The highest BCUT2D eigenvalue weighted by Gasteiger charge is 2.53. The molecule has 1 aliphatic heterocycles. The molecule has 11 heteroatoms. The monoisotopic (exact) mass is 482 g/mol. The molecule has 0 saturated carbocycles. The van der Waals surface area contributed by atoms with Gasteiger partial charge in [-0.05, 0) is 17.7 Å². The number of hydrogen-bond donors (Lipinski definition) is 0. The second kappa shape index (κ2) is 12.2. The first-order valence-corrected chi connectivity index (χ1v) is 10.3. The van der Waals surface area contributed by atoms with E-state index in [0.29, 0.717) is 5.56 Å². The molecule has 1 unspecified atom stereocenters. The summed E-state index contributed by atoms with van der Waals surface area (Å²) >= 11 is 0. The summed E-state index contributed by atoms with van der Waals surface area (Å²) in [4.78, 5) is 47.2. The van der Waals surface area contributed by atoms with Gasteiger partial charge in [-0.25, -0.2) is 4.39 Å². The molecule has 0 amide bonds. The zero-order valence-electron chi connectivity index (χ0n) is 19.3. The van der Waals surface area contributed by atoms with Gasteiger partial charge in [-0.3, -0.25) is 19.2 Å². The van der Waals surface area contributed by atoms with Crippen LogP contribution < -0.4 is 0 Å². The fraction of sp³-hybridized carbons (Fsp3) is 0.478. The number of hydrogen-bond acceptors (Lipinski definition) is 10. The van der Waals surface area contributed by atoms with Crippen molar-refractivity contribution in [2.24, 2.45) is 0 Å². The van der Waals surface area contributed by atoms with Gasteiger partial charge in [0.05, 0.1) is 13.2 Å². The summed E-state index contributed by atoms with van der Waals surface area (Å²) in [7, 11) is 0. The van der Waals surface area contributed by atoms with E-state index in [1.807, 2.05) is 0 Å². The summed E-state index contributed by atoms with van der Waals surface area (Å²) in [6.45, 7) is 8.06. The van der Waals surface area contributed by atoms with E-state index in [0.717, 1.165) is 33.8 Å². The fourth-order valence-electron chi connectivity index (χ4n) is 3.44. The van der Waals surface area contributed by atoms with Gasteiger partial charge in [-0.15, -0.1) is 6.58 Å². The van der Waals surface area contributed by atoms with Crippen LogP contribution in [0.2, 0.25) is 0 Å². The van der Waals surface area contributed by atoms with Gasteiger partial charge in [-0.1, -0.05) is 12.1 Å². The Hall–Kier alpha value is -3.31. The van der Waals surface area contributed by atoms with Crippen LogP contribution in [-0.4, -0.2) is 55.1 Å². The average molecular weight is 482 g/mol. The Labute approximate surface area is 195 Å². The first-order valence-electron chi connectivity index (χ1n) is 10.3. The summed E-state index contributed by atoms with van der Waals surface area (Å²) in [6, 6.07) is 3.95. The Balaban J connectivity index is 2.56. The van der Waals surface area contributed by atoms with Gasteiger partial charge in [0.15, 0.2) is 12.2 Å². The number of esters is 4. The minimum absolute atomic E-state index is 0.0898. The highest BCUT2D eigenvalue weighted by Crippen LogP contribution is 2.38. The smallest absolute Gasteiger partial charge is 0.305 e. The zero-order chi connectivity index (χ0) is 25.4. The Bertz CT molecular complexity index is 930. The van der Waals surface area contributed by atoms with Crippen molar-refractivity contribution < 1.29 is 52.0 Å². The van der Waals surface area contributed by atoms with E-state index in [2.05, 4.69) is 6.58 Å². The van der Waals surface area contributed by atoms with Gasteiger partial charge in [0.1, 0.15) is 11.9 Å². The molecule has 1 aromatic carbocycles. The number of benzene rings is 1. The molecule has 10 nitrogen and oxygen atoms in total. The number of halogens is 1. The molecule has 34 heavy (non-hydrogen) atoms. The molecular weight excluding hydrogens is 455 g/mol. The Morgan fingerprint density at radius 2 is 1.47 bits per heavy atom. The van der Waals surface area contributed by atoms with Crippen LogP contribution in [-0.2, 0) is 54.2 Å². The number of carbonyl (C=O) groups is 4. The summed E-state index contributed by atoms with van der Waals surface area (Å²) in [6.07, 6.45) is -5.38. The van der Waals surface area contributed by atoms with Crippen LogP contribution in [0.15, 0.2) is 30.9 Å². The third-order valence-corrected chi connectivity index (χ3v) is 4.57. The lowest BCUT2D eigenvalue weighted by atomic mass is 9.92. The van der Waals surface area contributed by atoms with Crippen LogP contribution in [0.3, 0.4) is 0 Å². The van der Waals surface area contributed by atoms with Gasteiger partial charge >= 0.3 is 23.9 Å². The van der Waals surface area contributed by atoms with E-state index in [-0.39, 0.29) is 18.8 Å². The van der Waals surface area contributed by atoms with E-state index in [1.165, 1.54) is 18.2 Å². The maximum absolute atomic E-state index is 14.3. The molecule has 0 aromatic heterocycles. The van der Waals surface area contributed by atoms with E-state index < -0.39 is 60.4 Å². The number of ether oxygens (including phenoxy) is 6. The lowest BCUT2D eigenvalue weighted by molar-refractivity contribution is -0.298. The fourth-order valence-corrected chi connectivity index (χ4v) is 3.44. The molecule has 1 aliphatic rings. The Morgan fingerprint density at radius 3 is 2.03 bits per heavy atom. The largest absolute Gasteiger partial charge is 0.455 e. The SMILES string of the molecule is C=CCOCc1cc([C@@H]2OC(OC(C)=O)[C@@H](OC(C)=O)[C@H](OC(C)=O)[C@H]2OC(C)=O)ccc1F. The molecule has 186 valence electrons. The second-order valence-electron chi connectivity index (χ2n) is 7.41. The standard InChI is InChI=1S/C23H27FO10/c1-6-9-29-11-17-10-16(7-8-18(17)24)19-20(30-12(2)25)21(31-13(3)26)22(32-14(4)27)23(34-19)33-15(5)28/h6-8,10,19-23H,1,9,11H2,2-5H3/t19-,20-,21+,22-,23?/m0/s1. The van der Waals surface area contributed by atoms with Crippen molar-refractivity contribution in [1.82, 2.24) is 0 Å². The normalized spacial score (nSPS) is 24.0. The van der Waals surface area contributed by atoms with E-state index in [9.17, 15) is 23.6 Å².